The van der Waals surface area contributed by atoms with E-state index >= 15 is 0 Å². The van der Waals surface area contributed by atoms with E-state index in [4.69, 9.17) is 11.6 Å². The zero-order valence-corrected chi connectivity index (χ0v) is 11.8. The molecule has 2 nitrogen and oxygen atoms in total. The van der Waals surface area contributed by atoms with E-state index < -0.39 is 0 Å². The summed E-state index contributed by atoms with van der Waals surface area (Å²) < 4.78 is 0. The Balaban J connectivity index is 2.25. The van der Waals surface area contributed by atoms with Gasteiger partial charge in [-0.15, -0.1) is 0 Å². The number of halogens is 1. The van der Waals surface area contributed by atoms with Gasteiger partial charge in [0.2, 0.25) is 0 Å². The number of nitrogens with zero attached hydrogens (tertiary/aromatic N) is 2. The number of rotatable bonds is 3. The number of aryl methyl sites for hydroxylation is 1. The summed E-state index contributed by atoms with van der Waals surface area (Å²) in [5.41, 5.74) is 3.83. The summed E-state index contributed by atoms with van der Waals surface area (Å²) in [5.74, 6) is 0. The van der Waals surface area contributed by atoms with E-state index in [1.807, 2.05) is 24.1 Å². The maximum Gasteiger partial charge on any atom is 0.103 e. The van der Waals surface area contributed by atoms with Crippen LogP contribution in [0.1, 0.15) is 16.7 Å². The largest absolute Gasteiger partial charge is 0.369 e. The normalized spacial score (nSPS) is 10.0. The number of benzene rings is 2. The van der Waals surface area contributed by atoms with Crippen molar-refractivity contribution in [1.29, 1.82) is 5.26 Å². The second-order valence-electron chi connectivity index (χ2n) is 4.59. The summed E-state index contributed by atoms with van der Waals surface area (Å²) in [6, 6.07) is 16.1. The van der Waals surface area contributed by atoms with Crippen LogP contribution in [0.4, 0.5) is 5.69 Å². The van der Waals surface area contributed by atoms with Crippen molar-refractivity contribution in [2.75, 3.05) is 11.9 Å². The smallest absolute Gasteiger partial charge is 0.103 e. The van der Waals surface area contributed by atoms with Crippen molar-refractivity contribution in [3.8, 4) is 6.07 Å². The van der Waals surface area contributed by atoms with Gasteiger partial charge >= 0.3 is 0 Å². The summed E-state index contributed by atoms with van der Waals surface area (Å²) in [4.78, 5) is 2.04. The van der Waals surface area contributed by atoms with Crippen molar-refractivity contribution in [2.45, 2.75) is 13.5 Å². The molecular weight excluding hydrogens is 256 g/mol. The van der Waals surface area contributed by atoms with Gasteiger partial charge in [0.25, 0.3) is 0 Å². The molecule has 2 aromatic rings. The van der Waals surface area contributed by atoms with Gasteiger partial charge in [-0.2, -0.15) is 5.26 Å². The van der Waals surface area contributed by atoms with Gasteiger partial charge in [0.1, 0.15) is 6.07 Å². The van der Waals surface area contributed by atoms with E-state index in [1.165, 1.54) is 11.1 Å². The predicted octanol–water partition coefficient (Wildman–Crippen LogP) is 4.16. The number of anilines is 1. The zero-order valence-electron chi connectivity index (χ0n) is 11.0. The van der Waals surface area contributed by atoms with Gasteiger partial charge in [0.05, 0.1) is 16.3 Å². The molecule has 96 valence electrons. The number of nitriles is 1. The third-order valence-corrected chi connectivity index (χ3v) is 3.37. The third-order valence-electron chi connectivity index (χ3n) is 3.06. The van der Waals surface area contributed by atoms with Crippen LogP contribution in [0, 0.1) is 18.3 Å². The molecule has 0 heterocycles. The Morgan fingerprint density at radius 1 is 1.16 bits per heavy atom. The SMILES string of the molecule is Cc1ccc(CN(C)c2cccc(Cl)c2C#N)cc1. The Labute approximate surface area is 118 Å². The molecule has 0 aliphatic carbocycles. The minimum Gasteiger partial charge on any atom is -0.369 e. The molecule has 0 N–H and O–H groups in total. The molecule has 2 aromatic carbocycles. The van der Waals surface area contributed by atoms with Crippen molar-refractivity contribution in [3.63, 3.8) is 0 Å². The Morgan fingerprint density at radius 2 is 1.84 bits per heavy atom. The van der Waals surface area contributed by atoms with E-state index in [0.717, 1.165) is 12.2 Å². The highest BCUT2D eigenvalue weighted by Crippen LogP contribution is 2.26. The van der Waals surface area contributed by atoms with Crippen LogP contribution in [0.2, 0.25) is 5.02 Å². The average molecular weight is 271 g/mol. The van der Waals surface area contributed by atoms with Crippen LogP contribution in [0.15, 0.2) is 42.5 Å². The fourth-order valence-corrected chi connectivity index (χ4v) is 2.21. The highest BCUT2D eigenvalue weighted by molar-refractivity contribution is 6.32. The van der Waals surface area contributed by atoms with Gasteiger partial charge in [-0.1, -0.05) is 47.5 Å². The van der Waals surface area contributed by atoms with Crippen LogP contribution >= 0.6 is 11.6 Å². The van der Waals surface area contributed by atoms with Crippen LogP contribution in [0.25, 0.3) is 0 Å². The first-order chi connectivity index (χ1) is 9.11. The van der Waals surface area contributed by atoms with E-state index in [0.29, 0.717) is 10.6 Å². The first-order valence-electron chi connectivity index (χ1n) is 6.07. The van der Waals surface area contributed by atoms with Crippen LogP contribution < -0.4 is 4.90 Å². The second kappa shape index (κ2) is 5.77. The zero-order chi connectivity index (χ0) is 13.8. The highest BCUT2D eigenvalue weighted by atomic mass is 35.5. The van der Waals surface area contributed by atoms with Gasteiger partial charge < -0.3 is 4.90 Å². The minimum atomic E-state index is 0.496. The minimum absolute atomic E-state index is 0.496. The molecule has 0 radical (unpaired) electrons. The molecule has 0 atom stereocenters. The van der Waals surface area contributed by atoms with Gasteiger partial charge in [-0.05, 0) is 24.6 Å². The number of hydrogen-bond acceptors (Lipinski definition) is 2. The maximum absolute atomic E-state index is 9.19. The van der Waals surface area contributed by atoms with Crippen molar-refractivity contribution in [3.05, 3.63) is 64.2 Å². The molecule has 0 aliphatic heterocycles. The maximum atomic E-state index is 9.19. The topological polar surface area (TPSA) is 27.0 Å². The van der Waals surface area contributed by atoms with Crippen molar-refractivity contribution < 1.29 is 0 Å². The second-order valence-corrected chi connectivity index (χ2v) is 4.99. The molecule has 0 unspecified atom stereocenters. The lowest BCUT2D eigenvalue weighted by Gasteiger charge is -2.21. The highest BCUT2D eigenvalue weighted by Gasteiger charge is 2.10. The fraction of sp³-hybridized carbons (Fsp3) is 0.188. The fourth-order valence-electron chi connectivity index (χ4n) is 1.99. The molecule has 19 heavy (non-hydrogen) atoms. The van der Waals surface area contributed by atoms with Gasteiger partial charge in [0.15, 0.2) is 0 Å². The quantitative estimate of drug-likeness (QED) is 0.837. The lowest BCUT2D eigenvalue weighted by atomic mass is 10.1. The summed E-state index contributed by atoms with van der Waals surface area (Å²) in [5, 5.41) is 9.69. The van der Waals surface area contributed by atoms with Crippen LogP contribution in [0.5, 0.6) is 0 Å². The number of hydrogen-bond donors (Lipinski definition) is 0. The van der Waals surface area contributed by atoms with Crippen LogP contribution in [-0.4, -0.2) is 7.05 Å². The summed E-state index contributed by atoms with van der Waals surface area (Å²) in [6.07, 6.45) is 0. The molecule has 0 aliphatic rings. The Morgan fingerprint density at radius 3 is 2.47 bits per heavy atom. The Kier molecular flexibility index (Phi) is 4.09. The van der Waals surface area contributed by atoms with Crippen molar-refractivity contribution in [2.24, 2.45) is 0 Å². The molecule has 0 saturated heterocycles. The third kappa shape index (κ3) is 3.07. The molecule has 0 fully saturated rings. The Hall–Kier alpha value is -1.98. The molecule has 0 spiro atoms. The van der Waals surface area contributed by atoms with Gasteiger partial charge in [0, 0.05) is 13.6 Å². The molecular formula is C16H15ClN2. The monoisotopic (exact) mass is 270 g/mol. The molecule has 0 amide bonds. The summed E-state index contributed by atoms with van der Waals surface area (Å²) in [6.45, 7) is 2.81. The van der Waals surface area contributed by atoms with Gasteiger partial charge in [-0.3, -0.25) is 0 Å². The van der Waals surface area contributed by atoms with Crippen molar-refractivity contribution >= 4 is 17.3 Å². The predicted molar refractivity (Wildman–Crippen MR) is 79.5 cm³/mol. The molecule has 0 bridgehead atoms. The standard InChI is InChI=1S/C16H15ClN2/c1-12-6-8-13(9-7-12)11-19(2)16-5-3-4-15(17)14(16)10-18/h3-9H,11H2,1-2H3. The lowest BCUT2D eigenvalue weighted by Crippen LogP contribution is -2.17. The molecule has 3 heteroatoms. The van der Waals surface area contributed by atoms with Crippen LogP contribution in [-0.2, 0) is 6.54 Å². The summed E-state index contributed by atoms with van der Waals surface area (Å²) in [7, 11) is 1.96. The average Bonchev–Trinajstić information content (AvgIpc) is 2.41. The molecule has 0 aromatic heterocycles. The van der Waals surface area contributed by atoms with E-state index in [1.54, 1.807) is 6.07 Å². The summed E-state index contributed by atoms with van der Waals surface area (Å²) >= 11 is 6.05. The van der Waals surface area contributed by atoms with Crippen molar-refractivity contribution in [1.82, 2.24) is 0 Å². The molecule has 2 rings (SSSR count). The first-order valence-corrected chi connectivity index (χ1v) is 6.45. The first kappa shape index (κ1) is 13.5. The Bertz CT molecular complexity index is 612. The van der Waals surface area contributed by atoms with E-state index in [2.05, 4.69) is 37.3 Å². The van der Waals surface area contributed by atoms with Crippen LogP contribution in [0.3, 0.4) is 0 Å². The molecule has 0 saturated carbocycles. The van der Waals surface area contributed by atoms with E-state index in [9.17, 15) is 5.26 Å². The lowest BCUT2D eigenvalue weighted by molar-refractivity contribution is 0.920. The van der Waals surface area contributed by atoms with E-state index in [-0.39, 0.29) is 0 Å². The van der Waals surface area contributed by atoms with Gasteiger partial charge in [-0.25, -0.2) is 0 Å².